The lowest BCUT2D eigenvalue weighted by Crippen LogP contribution is -2.30. The summed E-state index contributed by atoms with van der Waals surface area (Å²) in [5.74, 6) is 2.41. The molecule has 0 spiro atoms. The van der Waals surface area contributed by atoms with Gasteiger partial charge in [0.15, 0.2) is 11.5 Å². The molecule has 1 amide bonds. The molecule has 1 N–H and O–H groups in total. The molecule has 3 rings (SSSR count). The quantitative estimate of drug-likeness (QED) is 0.462. The number of likely N-dealkylation sites (N-methyl/N-ethyl adjacent to an activating group) is 1. The van der Waals surface area contributed by atoms with E-state index in [0.717, 1.165) is 16.9 Å². The number of hydrogen-bond donors (Lipinski definition) is 1. The molecule has 0 atom stereocenters. The van der Waals surface area contributed by atoms with Crippen LogP contribution in [0.3, 0.4) is 0 Å². The lowest BCUT2D eigenvalue weighted by atomic mass is 10.1. The van der Waals surface area contributed by atoms with Gasteiger partial charge in [-0.1, -0.05) is 24.3 Å². The number of methoxy groups -OCH3 is 3. The van der Waals surface area contributed by atoms with Gasteiger partial charge in [-0.3, -0.25) is 9.59 Å². The lowest BCUT2D eigenvalue weighted by Gasteiger charge is -2.17. The standard InChI is InChI=1S/C25H30N4O5/c1-29(14-13-17-9-11-21(33-3)22(15-17)34-4)24(30)12-10-19-25(31)26-23(28-27-19)16-18-7-5-6-8-20(18)32-2/h5-9,11,15H,10,12-14,16H2,1-4H3,(H,26,28,31). The Morgan fingerprint density at radius 2 is 1.68 bits per heavy atom. The van der Waals surface area contributed by atoms with E-state index in [9.17, 15) is 9.59 Å². The Morgan fingerprint density at radius 3 is 2.38 bits per heavy atom. The molecule has 0 saturated heterocycles. The van der Waals surface area contributed by atoms with Crippen LogP contribution < -0.4 is 19.8 Å². The van der Waals surface area contributed by atoms with Crippen molar-refractivity contribution in [3.05, 3.63) is 75.5 Å². The van der Waals surface area contributed by atoms with Gasteiger partial charge < -0.3 is 24.1 Å². The molecule has 2 aromatic carbocycles. The maximum Gasteiger partial charge on any atom is 0.272 e. The van der Waals surface area contributed by atoms with Crippen LogP contribution in [0.15, 0.2) is 47.3 Å². The van der Waals surface area contributed by atoms with Crippen LogP contribution in [0, 0.1) is 0 Å². The minimum atomic E-state index is -0.333. The van der Waals surface area contributed by atoms with Gasteiger partial charge in [-0.15, -0.1) is 10.2 Å². The highest BCUT2D eigenvalue weighted by atomic mass is 16.5. The molecule has 9 nitrogen and oxygen atoms in total. The highest BCUT2D eigenvalue weighted by Crippen LogP contribution is 2.27. The molecule has 180 valence electrons. The maximum absolute atomic E-state index is 12.6. The molecule has 0 aliphatic rings. The van der Waals surface area contributed by atoms with Crippen molar-refractivity contribution in [1.29, 1.82) is 0 Å². The molecule has 9 heteroatoms. The minimum Gasteiger partial charge on any atom is -0.496 e. The molecule has 3 aromatic rings. The van der Waals surface area contributed by atoms with Gasteiger partial charge in [0.25, 0.3) is 5.56 Å². The van der Waals surface area contributed by atoms with Crippen LogP contribution in [0.1, 0.15) is 29.1 Å². The zero-order chi connectivity index (χ0) is 24.5. The van der Waals surface area contributed by atoms with E-state index in [2.05, 4.69) is 15.2 Å². The number of nitrogens with zero attached hydrogens (tertiary/aromatic N) is 3. The van der Waals surface area contributed by atoms with E-state index < -0.39 is 0 Å². The van der Waals surface area contributed by atoms with Gasteiger partial charge in [-0.05, 0) is 30.2 Å². The molecule has 0 aliphatic carbocycles. The number of H-pyrrole nitrogens is 1. The highest BCUT2D eigenvalue weighted by Gasteiger charge is 2.14. The summed E-state index contributed by atoms with van der Waals surface area (Å²) in [7, 11) is 6.52. The summed E-state index contributed by atoms with van der Waals surface area (Å²) in [5, 5.41) is 8.19. The number of amides is 1. The number of carbonyl (C=O) groups excluding carboxylic acids is 1. The Balaban J connectivity index is 1.53. The first-order chi connectivity index (χ1) is 16.4. The summed E-state index contributed by atoms with van der Waals surface area (Å²) in [6.45, 7) is 0.536. The summed E-state index contributed by atoms with van der Waals surface area (Å²) in [6, 6.07) is 13.2. The fourth-order valence-electron chi connectivity index (χ4n) is 3.54. The van der Waals surface area contributed by atoms with E-state index >= 15 is 0 Å². The second kappa shape index (κ2) is 11.8. The Labute approximate surface area is 198 Å². The average molecular weight is 467 g/mol. The van der Waals surface area contributed by atoms with Gasteiger partial charge in [0.05, 0.1) is 21.3 Å². The molecule has 0 aliphatic heterocycles. The van der Waals surface area contributed by atoms with E-state index in [-0.39, 0.29) is 30.0 Å². The van der Waals surface area contributed by atoms with Gasteiger partial charge in [0, 0.05) is 38.4 Å². The van der Waals surface area contributed by atoms with E-state index in [1.807, 2.05) is 42.5 Å². The third-order valence-electron chi connectivity index (χ3n) is 5.55. The van der Waals surface area contributed by atoms with Crippen LogP contribution in [0.5, 0.6) is 17.2 Å². The molecule has 0 unspecified atom stereocenters. The maximum atomic E-state index is 12.6. The molecule has 0 fully saturated rings. The monoisotopic (exact) mass is 466 g/mol. The van der Waals surface area contributed by atoms with Crippen molar-refractivity contribution in [2.45, 2.75) is 25.7 Å². The first-order valence-corrected chi connectivity index (χ1v) is 11.0. The number of aromatic amines is 1. The fraction of sp³-hybridized carbons (Fsp3) is 0.360. The molecule has 1 heterocycles. The van der Waals surface area contributed by atoms with Crippen LogP contribution in [-0.2, 0) is 24.1 Å². The smallest absolute Gasteiger partial charge is 0.272 e. The molecular formula is C25H30N4O5. The number of ether oxygens (including phenoxy) is 3. The number of aryl methyl sites for hydroxylation is 1. The summed E-state index contributed by atoms with van der Waals surface area (Å²) in [6.07, 6.45) is 1.45. The summed E-state index contributed by atoms with van der Waals surface area (Å²) < 4.78 is 15.9. The summed E-state index contributed by atoms with van der Waals surface area (Å²) in [5.41, 5.74) is 1.84. The van der Waals surface area contributed by atoms with Crippen molar-refractivity contribution in [3.63, 3.8) is 0 Å². The largest absolute Gasteiger partial charge is 0.496 e. The summed E-state index contributed by atoms with van der Waals surface area (Å²) >= 11 is 0. The number of hydrogen-bond acceptors (Lipinski definition) is 7. The van der Waals surface area contributed by atoms with Crippen molar-refractivity contribution in [2.24, 2.45) is 0 Å². The zero-order valence-electron chi connectivity index (χ0n) is 20.0. The average Bonchev–Trinajstić information content (AvgIpc) is 2.86. The Morgan fingerprint density at radius 1 is 0.941 bits per heavy atom. The lowest BCUT2D eigenvalue weighted by molar-refractivity contribution is -0.129. The molecule has 0 bridgehead atoms. The second-order valence-corrected chi connectivity index (χ2v) is 7.79. The SMILES string of the molecule is COc1ccccc1Cc1nnc(CCC(=O)N(C)CCc2ccc(OC)c(OC)c2)c(=O)[nH]1. The van der Waals surface area contributed by atoms with E-state index in [1.165, 1.54) is 0 Å². The normalized spacial score (nSPS) is 10.6. The highest BCUT2D eigenvalue weighted by molar-refractivity contribution is 5.76. The predicted octanol–water partition coefficient (Wildman–Crippen LogP) is 2.42. The van der Waals surface area contributed by atoms with Crippen molar-refractivity contribution in [3.8, 4) is 17.2 Å². The molecule has 34 heavy (non-hydrogen) atoms. The molecule has 1 aromatic heterocycles. The number of carbonyl (C=O) groups is 1. The Kier molecular flexibility index (Phi) is 8.61. The number of para-hydroxylation sites is 1. The van der Waals surface area contributed by atoms with Gasteiger partial charge in [0.2, 0.25) is 5.91 Å². The van der Waals surface area contributed by atoms with Crippen molar-refractivity contribution in [2.75, 3.05) is 34.9 Å². The van der Waals surface area contributed by atoms with Crippen molar-refractivity contribution in [1.82, 2.24) is 20.1 Å². The van der Waals surface area contributed by atoms with Gasteiger partial charge in [-0.25, -0.2) is 0 Å². The van der Waals surface area contributed by atoms with Crippen LogP contribution >= 0.6 is 0 Å². The Bertz CT molecular complexity index is 1180. The zero-order valence-corrected chi connectivity index (χ0v) is 20.0. The van der Waals surface area contributed by atoms with Gasteiger partial charge in [0.1, 0.15) is 17.3 Å². The number of aromatic nitrogens is 3. The van der Waals surface area contributed by atoms with Crippen molar-refractivity contribution < 1.29 is 19.0 Å². The van der Waals surface area contributed by atoms with Gasteiger partial charge in [-0.2, -0.15) is 0 Å². The molecule has 0 saturated carbocycles. The summed E-state index contributed by atoms with van der Waals surface area (Å²) in [4.78, 5) is 29.4. The first-order valence-electron chi connectivity index (χ1n) is 11.0. The Hall–Kier alpha value is -3.88. The fourth-order valence-corrected chi connectivity index (χ4v) is 3.54. The third kappa shape index (κ3) is 6.34. The van der Waals surface area contributed by atoms with Crippen molar-refractivity contribution >= 4 is 5.91 Å². The van der Waals surface area contributed by atoms with E-state index in [1.54, 1.807) is 33.3 Å². The minimum absolute atomic E-state index is 0.0697. The number of nitrogens with one attached hydrogen (secondary N) is 1. The van der Waals surface area contributed by atoms with Gasteiger partial charge >= 0.3 is 0 Å². The molecular weight excluding hydrogens is 436 g/mol. The topological polar surface area (TPSA) is 107 Å². The van der Waals surface area contributed by atoms with Crippen LogP contribution in [0.2, 0.25) is 0 Å². The van der Waals surface area contributed by atoms with Crippen LogP contribution in [-0.4, -0.2) is 60.9 Å². The molecule has 0 radical (unpaired) electrons. The predicted molar refractivity (Wildman–Crippen MR) is 128 cm³/mol. The second-order valence-electron chi connectivity index (χ2n) is 7.79. The first kappa shape index (κ1) is 24.8. The third-order valence-corrected chi connectivity index (χ3v) is 5.55. The number of rotatable bonds is 11. The number of benzene rings is 2. The van der Waals surface area contributed by atoms with E-state index in [4.69, 9.17) is 14.2 Å². The van der Waals surface area contributed by atoms with E-state index in [0.29, 0.717) is 36.7 Å². The van der Waals surface area contributed by atoms with Crippen LogP contribution in [0.4, 0.5) is 0 Å². The van der Waals surface area contributed by atoms with Crippen LogP contribution in [0.25, 0.3) is 0 Å².